The van der Waals surface area contributed by atoms with Crippen molar-refractivity contribution in [1.82, 2.24) is 15.0 Å². The zero-order chi connectivity index (χ0) is 11.8. The molecule has 0 aliphatic rings. The van der Waals surface area contributed by atoms with Crippen LogP contribution < -0.4 is 5.73 Å². The van der Waals surface area contributed by atoms with Crippen LogP contribution in [0.1, 0.15) is 19.5 Å². The van der Waals surface area contributed by atoms with Gasteiger partial charge in [0.15, 0.2) is 0 Å². The lowest BCUT2D eigenvalue weighted by Gasteiger charge is -2.07. The van der Waals surface area contributed by atoms with E-state index in [-0.39, 0.29) is 0 Å². The summed E-state index contributed by atoms with van der Waals surface area (Å²) in [6.07, 6.45) is 2.52. The number of nitrogens with two attached hydrogens (primary N) is 1. The van der Waals surface area contributed by atoms with Gasteiger partial charge in [0.1, 0.15) is 6.73 Å². The first-order chi connectivity index (χ1) is 7.74. The van der Waals surface area contributed by atoms with Gasteiger partial charge in [0, 0.05) is 12.2 Å². The van der Waals surface area contributed by atoms with Crippen LogP contribution in [-0.4, -0.2) is 39.1 Å². The van der Waals surface area contributed by atoms with Crippen molar-refractivity contribution in [2.75, 3.05) is 18.9 Å². The van der Waals surface area contributed by atoms with Crippen LogP contribution in [0.3, 0.4) is 0 Å². The van der Waals surface area contributed by atoms with Gasteiger partial charge >= 0.3 is 0 Å². The third kappa shape index (κ3) is 4.96. The first kappa shape index (κ1) is 13.5. The number of nitrogens with zero attached hydrogens (tertiary/aromatic N) is 3. The molecule has 0 spiro atoms. The molecule has 1 aromatic rings. The molecule has 0 unspecified atom stereocenters. The van der Waals surface area contributed by atoms with Crippen molar-refractivity contribution in [3.05, 3.63) is 11.9 Å². The van der Waals surface area contributed by atoms with Crippen molar-refractivity contribution in [1.29, 1.82) is 0 Å². The van der Waals surface area contributed by atoms with Gasteiger partial charge in [-0.2, -0.15) is 11.8 Å². The second-order valence-corrected chi connectivity index (χ2v) is 5.40. The molecule has 6 heteroatoms. The Morgan fingerprint density at radius 3 is 3.06 bits per heavy atom. The van der Waals surface area contributed by atoms with E-state index in [2.05, 4.69) is 24.2 Å². The van der Waals surface area contributed by atoms with Crippen molar-refractivity contribution in [2.45, 2.75) is 32.2 Å². The maximum absolute atomic E-state index is 5.51. The Morgan fingerprint density at radius 1 is 1.56 bits per heavy atom. The highest BCUT2D eigenvalue weighted by molar-refractivity contribution is 7.99. The van der Waals surface area contributed by atoms with E-state index in [0.717, 1.165) is 24.5 Å². The SMILES string of the molecule is CC(C)SCCOCn1nncc1CCN. The van der Waals surface area contributed by atoms with Crippen molar-refractivity contribution >= 4 is 11.8 Å². The minimum absolute atomic E-state index is 0.466. The van der Waals surface area contributed by atoms with E-state index < -0.39 is 0 Å². The molecule has 0 aliphatic carbocycles. The molecular formula is C10H20N4OS. The highest BCUT2D eigenvalue weighted by Crippen LogP contribution is 2.08. The summed E-state index contributed by atoms with van der Waals surface area (Å²) in [5.41, 5.74) is 6.51. The van der Waals surface area contributed by atoms with E-state index in [1.165, 1.54) is 0 Å². The van der Waals surface area contributed by atoms with Crippen LogP contribution in [0.4, 0.5) is 0 Å². The molecule has 1 heterocycles. The van der Waals surface area contributed by atoms with Gasteiger partial charge in [-0.25, -0.2) is 4.68 Å². The van der Waals surface area contributed by atoms with Crippen LogP contribution in [0, 0.1) is 0 Å². The van der Waals surface area contributed by atoms with Crippen LogP contribution in [0.2, 0.25) is 0 Å². The number of hydrogen-bond acceptors (Lipinski definition) is 5. The molecule has 0 atom stereocenters. The van der Waals surface area contributed by atoms with E-state index in [4.69, 9.17) is 10.5 Å². The minimum Gasteiger partial charge on any atom is -0.358 e. The highest BCUT2D eigenvalue weighted by Gasteiger charge is 2.02. The lowest BCUT2D eigenvalue weighted by molar-refractivity contribution is 0.0777. The Balaban J connectivity index is 2.18. The molecule has 2 N–H and O–H groups in total. The molecule has 0 saturated carbocycles. The predicted molar refractivity (Wildman–Crippen MR) is 66.3 cm³/mol. The van der Waals surface area contributed by atoms with Crippen molar-refractivity contribution in [3.8, 4) is 0 Å². The largest absolute Gasteiger partial charge is 0.358 e. The van der Waals surface area contributed by atoms with Gasteiger partial charge < -0.3 is 10.5 Å². The predicted octanol–water partition coefficient (Wildman–Crippen LogP) is 0.895. The molecule has 0 amide bonds. The fraction of sp³-hybridized carbons (Fsp3) is 0.800. The summed E-state index contributed by atoms with van der Waals surface area (Å²) in [6.45, 7) is 6.18. The van der Waals surface area contributed by atoms with Crippen molar-refractivity contribution < 1.29 is 4.74 Å². The van der Waals surface area contributed by atoms with Gasteiger partial charge in [0.25, 0.3) is 0 Å². The number of ether oxygens (including phenoxy) is 1. The molecule has 0 saturated heterocycles. The average molecular weight is 244 g/mol. The molecule has 0 fully saturated rings. The van der Waals surface area contributed by atoms with Gasteiger partial charge in [-0.1, -0.05) is 19.1 Å². The van der Waals surface area contributed by atoms with Crippen LogP contribution in [0.25, 0.3) is 0 Å². The molecular weight excluding hydrogens is 224 g/mol. The zero-order valence-electron chi connectivity index (χ0n) is 9.93. The van der Waals surface area contributed by atoms with Gasteiger partial charge in [-0.05, 0) is 11.8 Å². The molecule has 0 radical (unpaired) electrons. The number of rotatable bonds is 8. The minimum atomic E-state index is 0.466. The molecule has 0 bridgehead atoms. The molecule has 1 aromatic heterocycles. The quantitative estimate of drug-likeness (QED) is 0.688. The standard InChI is InChI=1S/C10H20N4OS/c1-9(2)16-6-5-15-8-14-10(3-4-11)7-12-13-14/h7,9H,3-6,8,11H2,1-2H3. The van der Waals surface area contributed by atoms with Crippen molar-refractivity contribution in [2.24, 2.45) is 5.73 Å². The summed E-state index contributed by atoms with van der Waals surface area (Å²) in [5.74, 6) is 1.01. The smallest absolute Gasteiger partial charge is 0.141 e. The summed E-state index contributed by atoms with van der Waals surface area (Å²) >= 11 is 1.89. The summed E-state index contributed by atoms with van der Waals surface area (Å²) in [7, 11) is 0. The monoisotopic (exact) mass is 244 g/mol. The molecule has 5 nitrogen and oxygen atoms in total. The zero-order valence-corrected chi connectivity index (χ0v) is 10.7. The lowest BCUT2D eigenvalue weighted by Crippen LogP contribution is -2.13. The van der Waals surface area contributed by atoms with Gasteiger partial charge in [-0.3, -0.25) is 0 Å². The Hall–Kier alpha value is -0.590. The summed E-state index contributed by atoms with van der Waals surface area (Å²) in [5, 5.41) is 8.44. The van der Waals surface area contributed by atoms with Crippen LogP contribution >= 0.6 is 11.8 Å². The van der Waals surface area contributed by atoms with E-state index in [0.29, 0.717) is 18.5 Å². The Kier molecular flexibility index (Phi) is 6.44. The molecule has 0 aliphatic heterocycles. The Bertz CT molecular complexity index is 290. The first-order valence-corrected chi connectivity index (χ1v) is 6.55. The third-order valence-electron chi connectivity index (χ3n) is 1.99. The molecule has 1 rings (SSSR count). The maximum Gasteiger partial charge on any atom is 0.141 e. The number of thioether (sulfide) groups is 1. The molecule has 0 aromatic carbocycles. The first-order valence-electron chi connectivity index (χ1n) is 5.50. The second kappa shape index (κ2) is 7.65. The second-order valence-electron chi connectivity index (χ2n) is 3.72. The summed E-state index contributed by atoms with van der Waals surface area (Å²) < 4.78 is 7.27. The molecule has 92 valence electrons. The topological polar surface area (TPSA) is 66.0 Å². The maximum atomic E-state index is 5.51. The molecule has 16 heavy (non-hydrogen) atoms. The van der Waals surface area contributed by atoms with Gasteiger partial charge in [0.05, 0.1) is 18.5 Å². The fourth-order valence-corrected chi connectivity index (χ4v) is 1.91. The number of aromatic nitrogens is 3. The lowest BCUT2D eigenvalue weighted by atomic mass is 10.3. The van der Waals surface area contributed by atoms with Gasteiger partial charge in [0.2, 0.25) is 0 Å². The number of hydrogen-bond donors (Lipinski definition) is 1. The normalized spacial score (nSPS) is 11.2. The van der Waals surface area contributed by atoms with Gasteiger partial charge in [-0.15, -0.1) is 5.10 Å². The van der Waals surface area contributed by atoms with Crippen LogP contribution in [-0.2, 0) is 17.9 Å². The Morgan fingerprint density at radius 2 is 2.38 bits per heavy atom. The summed E-state index contributed by atoms with van der Waals surface area (Å²) in [6, 6.07) is 0. The average Bonchev–Trinajstić information content (AvgIpc) is 2.65. The third-order valence-corrected chi connectivity index (χ3v) is 3.06. The Labute approximate surface area is 101 Å². The van der Waals surface area contributed by atoms with Crippen molar-refractivity contribution in [3.63, 3.8) is 0 Å². The summed E-state index contributed by atoms with van der Waals surface area (Å²) in [4.78, 5) is 0. The fourth-order valence-electron chi connectivity index (χ4n) is 1.22. The van der Waals surface area contributed by atoms with E-state index in [1.807, 2.05) is 11.8 Å². The van der Waals surface area contributed by atoms with Crippen LogP contribution in [0.15, 0.2) is 6.20 Å². The van der Waals surface area contributed by atoms with E-state index >= 15 is 0 Å². The van der Waals surface area contributed by atoms with E-state index in [9.17, 15) is 0 Å². The van der Waals surface area contributed by atoms with E-state index in [1.54, 1.807) is 10.9 Å². The highest BCUT2D eigenvalue weighted by atomic mass is 32.2. The van der Waals surface area contributed by atoms with Crippen LogP contribution in [0.5, 0.6) is 0 Å².